The number of hydrogen-bond acceptors (Lipinski definition) is 7. The SMILES string of the molecule is O=C(O)CC(NC(=O)[C@@H]1CCCN2C(=O)CCN(NC(=O)c3ccccc3)C(=O)N12)C(=O)COCc1ccccc1Cl. The van der Waals surface area contributed by atoms with Gasteiger partial charge in [0.05, 0.1) is 19.6 Å². The molecule has 2 aliphatic rings. The van der Waals surface area contributed by atoms with E-state index in [2.05, 4.69) is 10.7 Å². The van der Waals surface area contributed by atoms with Gasteiger partial charge in [-0.15, -0.1) is 0 Å². The maximum absolute atomic E-state index is 13.6. The van der Waals surface area contributed by atoms with Gasteiger partial charge in [-0.2, -0.15) is 0 Å². The zero-order valence-corrected chi connectivity index (χ0v) is 23.3. The number of carboxylic acid groups (broad SMARTS) is 1. The number of Topliss-reactive ketones (excluding diaryl/α,β-unsaturated/α-hetero) is 1. The molecule has 2 aromatic rings. The molecule has 4 rings (SSSR count). The van der Waals surface area contributed by atoms with Crippen LogP contribution in [0.4, 0.5) is 4.79 Å². The fourth-order valence-electron chi connectivity index (χ4n) is 4.66. The molecule has 0 aromatic heterocycles. The van der Waals surface area contributed by atoms with Gasteiger partial charge in [0.25, 0.3) is 5.91 Å². The van der Waals surface area contributed by atoms with Gasteiger partial charge in [-0.25, -0.2) is 19.8 Å². The summed E-state index contributed by atoms with van der Waals surface area (Å²) < 4.78 is 5.43. The summed E-state index contributed by atoms with van der Waals surface area (Å²) in [5, 5.41) is 15.4. The number of ketones is 1. The maximum atomic E-state index is 13.6. The number of carbonyl (C=O) groups excluding carboxylic acids is 5. The van der Waals surface area contributed by atoms with Crippen LogP contribution in [0.2, 0.25) is 5.02 Å². The number of fused-ring (bicyclic) bond motifs is 1. The highest BCUT2D eigenvalue weighted by Crippen LogP contribution is 2.24. The van der Waals surface area contributed by atoms with Crippen molar-refractivity contribution in [3.63, 3.8) is 0 Å². The molecule has 2 aliphatic heterocycles. The standard InChI is InChI=1S/C28H30ClN5O8/c29-20-10-5-4-9-19(20)16-42-17-23(35)21(15-25(37)38)30-27(40)22-11-6-13-33-24(36)12-14-32(28(41)34(22)33)31-26(39)18-7-2-1-3-8-18/h1-5,7-10,21-22H,6,11-17H2,(H,30,40)(H,31,39)(H,37,38)/t21?,22-/m0/s1. The van der Waals surface area contributed by atoms with E-state index in [4.69, 9.17) is 16.3 Å². The van der Waals surface area contributed by atoms with Crippen LogP contribution in [0.5, 0.6) is 0 Å². The number of hydrazine groups is 2. The van der Waals surface area contributed by atoms with Gasteiger partial charge >= 0.3 is 12.0 Å². The number of benzene rings is 2. The number of nitrogens with zero attached hydrogens (tertiary/aromatic N) is 3. The lowest BCUT2D eigenvalue weighted by molar-refractivity contribution is -0.155. The van der Waals surface area contributed by atoms with E-state index in [9.17, 15) is 33.9 Å². The van der Waals surface area contributed by atoms with Crippen molar-refractivity contribution in [3.05, 3.63) is 70.7 Å². The van der Waals surface area contributed by atoms with Crippen molar-refractivity contribution >= 4 is 47.1 Å². The van der Waals surface area contributed by atoms with E-state index in [0.29, 0.717) is 17.0 Å². The Hall–Kier alpha value is -4.49. The second kappa shape index (κ2) is 13.9. The predicted molar refractivity (Wildman–Crippen MR) is 147 cm³/mol. The Balaban J connectivity index is 1.46. The van der Waals surface area contributed by atoms with E-state index in [0.717, 1.165) is 15.0 Å². The van der Waals surface area contributed by atoms with Gasteiger partial charge in [0.2, 0.25) is 11.8 Å². The Bertz CT molecular complexity index is 1360. The van der Waals surface area contributed by atoms with E-state index in [1.807, 2.05) is 0 Å². The molecule has 1 unspecified atom stereocenters. The van der Waals surface area contributed by atoms with Crippen molar-refractivity contribution in [3.8, 4) is 0 Å². The number of nitrogens with one attached hydrogen (secondary N) is 2. The lowest BCUT2D eigenvalue weighted by Gasteiger charge is -2.43. The minimum absolute atomic E-state index is 0.00827. The molecule has 13 nitrogen and oxygen atoms in total. The molecule has 222 valence electrons. The second-order valence-electron chi connectivity index (χ2n) is 9.72. The van der Waals surface area contributed by atoms with Crippen LogP contribution in [0.25, 0.3) is 0 Å². The van der Waals surface area contributed by atoms with Crippen molar-refractivity contribution in [1.82, 2.24) is 25.8 Å². The summed E-state index contributed by atoms with van der Waals surface area (Å²) in [4.78, 5) is 77.1. The fraction of sp³-hybridized carbons (Fsp3) is 0.357. The third kappa shape index (κ3) is 7.42. The average molecular weight is 600 g/mol. The van der Waals surface area contributed by atoms with E-state index in [-0.39, 0.29) is 38.1 Å². The Morgan fingerprint density at radius 1 is 1.02 bits per heavy atom. The highest BCUT2D eigenvalue weighted by Gasteiger charge is 2.44. The van der Waals surface area contributed by atoms with Gasteiger partial charge < -0.3 is 15.2 Å². The molecular formula is C28H30ClN5O8. The van der Waals surface area contributed by atoms with Crippen LogP contribution < -0.4 is 10.7 Å². The maximum Gasteiger partial charge on any atom is 0.358 e. The first-order valence-corrected chi connectivity index (χ1v) is 13.7. The van der Waals surface area contributed by atoms with Gasteiger partial charge in [-0.3, -0.25) is 29.4 Å². The van der Waals surface area contributed by atoms with Crippen LogP contribution in [0.15, 0.2) is 54.6 Å². The van der Waals surface area contributed by atoms with Gasteiger partial charge in [0, 0.05) is 23.6 Å². The summed E-state index contributed by atoms with van der Waals surface area (Å²) in [6, 6.07) is 11.5. The van der Waals surface area contributed by atoms with E-state index < -0.39 is 60.6 Å². The summed E-state index contributed by atoms with van der Waals surface area (Å²) in [5.74, 6) is -3.85. The smallest absolute Gasteiger partial charge is 0.358 e. The number of carboxylic acids is 1. The number of ether oxygens (including phenoxy) is 1. The number of halogens is 1. The van der Waals surface area contributed by atoms with Crippen LogP contribution in [0, 0.1) is 0 Å². The topological polar surface area (TPSA) is 166 Å². The minimum atomic E-state index is -1.46. The van der Waals surface area contributed by atoms with E-state index >= 15 is 0 Å². The third-order valence-electron chi connectivity index (χ3n) is 6.79. The van der Waals surface area contributed by atoms with E-state index in [1.54, 1.807) is 54.6 Å². The largest absolute Gasteiger partial charge is 0.481 e. The van der Waals surface area contributed by atoms with Crippen LogP contribution in [-0.4, -0.2) is 87.4 Å². The van der Waals surface area contributed by atoms with Crippen molar-refractivity contribution in [2.75, 3.05) is 19.7 Å². The Labute approximate surface area is 246 Å². The van der Waals surface area contributed by atoms with Crippen LogP contribution in [0.3, 0.4) is 0 Å². The zero-order valence-electron chi connectivity index (χ0n) is 22.5. The highest BCUT2D eigenvalue weighted by atomic mass is 35.5. The number of carbonyl (C=O) groups is 6. The van der Waals surface area contributed by atoms with Crippen molar-refractivity contribution in [1.29, 1.82) is 0 Å². The quantitative estimate of drug-likeness (QED) is 0.351. The molecule has 0 radical (unpaired) electrons. The number of hydrogen-bond donors (Lipinski definition) is 3. The Morgan fingerprint density at radius 3 is 2.45 bits per heavy atom. The second-order valence-corrected chi connectivity index (χ2v) is 10.1. The van der Waals surface area contributed by atoms with Crippen molar-refractivity contribution in [2.24, 2.45) is 0 Å². The molecule has 2 fully saturated rings. The van der Waals surface area contributed by atoms with E-state index in [1.165, 1.54) is 0 Å². The zero-order chi connectivity index (χ0) is 30.2. The number of aliphatic carboxylic acids is 1. The van der Waals surface area contributed by atoms with Gasteiger partial charge in [-0.1, -0.05) is 48.0 Å². The Morgan fingerprint density at radius 2 is 1.74 bits per heavy atom. The van der Waals surface area contributed by atoms with Gasteiger partial charge in [-0.05, 0) is 36.6 Å². The third-order valence-corrected chi connectivity index (χ3v) is 7.15. The summed E-state index contributed by atoms with van der Waals surface area (Å²) in [7, 11) is 0. The fourth-order valence-corrected chi connectivity index (χ4v) is 4.85. The van der Waals surface area contributed by atoms with Crippen LogP contribution in [-0.2, 0) is 30.5 Å². The number of rotatable bonds is 11. The minimum Gasteiger partial charge on any atom is -0.481 e. The molecule has 42 heavy (non-hydrogen) atoms. The molecular weight excluding hydrogens is 570 g/mol. The molecule has 2 atom stereocenters. The average Bonchev–Trinajstić information content (AvgIpc) is 3.10. The molecule has 5 amide bonds. The first-order chi connectivity index (χ1) is 20.2. The summed E-state index contributed by atoms with van der Waals surface area (Å²) in [5.41, 5.74) is 3.41. The van der Waals surface area contributed by atoms with Crippen LogP contribution >= 0.6 is 11.6 Å². The molecule has 3 N–H and O–H groups in total. The number of amides is 5. The van der Waals surface area contributed by atoms with Gasteiger partial charge in [0.15, 0.2) is 5.78 Å². The highest BCUT2D eigenvalue weighted by molar-refractivity contribution is 6.31. The van der Waals surface area contributed by atoms with Crippen molar-refractivity contribution < 1.29 is 38.6 Å². The summed E-state index contributed by atoms with van der Waals surface area (Å²) in [6.07, 6.45) is -0.307. The predicted octanol–water partition coefficient (Wildman–Crippen LogP) is 1.76. The lowest BCUT2D eigenvalue weighted by atomic mass is 10.0. The molecule has 0 spiro atoms. The monoisotopic (exact) mass is 599 g/mol. The first-order valence-electron chi connectivity index (χ1n) is 13.3. The summed E-state index contributed by atoms with van der Waals surface area (Å²) in [6.45, 7) is -0.463. The lowest BCUT2D eigenvalue weighted by Crippen LogP contribution is -2.65. The van der Waals surface area contributed by atoms with Crippen LogP contribution in [0.1, 0.15) is 41.6 Å². The van der Waals surface area contributed by atoms with Crippen molar-refractivity contribution in [2.45, 2.75) is 44.4 Å². The Kier molecular flexibility index (Phi) is 10.1. The molecule has 2 saturated heterocycles. The normalized spacial score (nSPS) is 17.6. The molecule has 2 heterocycles. The number of urea groups is 1. The summed E-state index contributed by atoms with van der Waals surface area (Å²) >= 11 is 6.10. The molecule has 0 aliphatic carbocycles. The van der Waals surface area contributed by atoms with Gasteiger partial charge in [0.1, 0.15) is 18.7 Å². The molecule has 14 heteroatoms. The molecule has 2 aromatic carbocycles. The molecule has 0 bridgehead atoms. The first kappa shape index (κ1) is 30.5. The molecule has 0 saturated carbocycles.